The van der Waals surface area contributed by atoms with Crippen LogP contribution in [0.5, 0.6) is 0 Å². The Hall–Kier alpha value is -2.10. The lowest BCUT2D eigenvalue weighted by atomic mass is 10.1. The van der Waals surface area contributed by atoms with E-state index in [1.54, 1.807) is 12.1 Å². The molecule has 1 aromatic carbocycles. The Bertz CT molecular complexity index is 612. The number of nitrogen functional groups attached to an aromatic ring is 1. The molecule has 2 N–H and O–H groups in total. The molecular weight excluding hydrogens is 231 g/mol. The normalized spacial score (nSPS) is 10.7. The number of aromatic nitrogens is 1. The van der Waals surface area contributed by atoms with Crippen LogP contribution in [0.3, 0.4) is 0 Å². The molecule has 0 amide bonds. The Morgan fingerprint density at radius 2 is 1.83 bits per heavy atom. The Morgan fingerprint density at radius 3 is 2.28 bits per heavy atom. The van der Waals surface area contributed by atoms with E-state index in [1.165, 1.54) is 19.1 Å². The first kappa shape index (κ1) is 12.4. The van der Waals surface area contributed by atoms with E-state index in [9.17, 15) is 9.18 Å². The van der Waals surface area contributed by atoms with Gasteiger partial charge in [0.05, 0.1) is 16.9 Å². The summed E-state index contributed by atoms with van der Waals surface area (Å²) in [6.07, 6.45) is 0. The molecule has 0 atom stereocenters. The maximum absolute atomic E-state index is 12.9. The lowest BCUT2D eigenvalue weighted by molar-refractivity contribution is 0.101. The third-order valence-corrected chi connectivity index (χ3v) is 3.19. The SMILES string of the molecule is CC(=O)c1c(N)c(-c2ccc(F)cc2)n(C)c1C. The summed E-state index contributed by atoms with van der Waals surface area (Å²) < 4.78 is 14.8. The fourth-order valence-electron chi connectivity index (χ4n) is 2.23. The summed E-state index contributed by atoms with van der Waals surface area (Å²) in [6, 6.07) is 6.07. The number of carbonyl (C=O) groups excluding carboxylic acids is 1. The number of Topliss-reactive ketones (excluding diaryl/α,β-unsaturated/α-hetero) is 1. The molecule has 0 spiro atoms. The topological polar surface area (TPSA) is 48.0 Å². The molecule has 1 heterocycles. The fourth-order valence-corrected chi connectivity index (χ4v) is 2.23. The largest absolute Gasteiger partial charge is 0.396 e. The number of hydrogen-bond donors (Lipinski definition) is 1. The van der Waals surface area contributed by atoms with Crippen molar-refractivity contribution in [3.8, 4) is 11.3 Å². The maximum atomic E-state index is 12.9. The first-order chi connectivity index (χ1) is 8.43. The smallest absolute Gasteiger partial charge is 0.163 e. The highest BCUT2D eigenvalue weighted by molar-refractivity contribution is 6.03. The highest BCUT2D eigenvalue weighted by atomic mass is 19.1. The van der Waals surface area contributed by atoms with Crippen molar-refractivity contribution in [2.45, 2.75) is 13.8 Å². The minimum Gasteiger partial charge on any atom is -0.396 e. The highest BCUT2D eigenvalue weighted by Crippen LogP contribution is 2.33. The van der Waals surface area contributed by atoms with Crippen LogP contribution in [0.15, 0.2) is 24.3 Å². The van der Waals surface area contributed by atoms with Crippen molar-refractivity contribution in [2.75, 3.05) is 5.73 Å². The van der Waals surface area contributed by atoms with E-state index < -0.39 is 0 Å². The van der Waals surface area contributed by atoms with Gasteiger partial charge in [-0.05, 0) is 38.1 Å². The first-order valence-electron chi connectivity index (χ1n) is 5.65. The van der Waals surface area contributed by atoms with Gasteiger partial charge in [0.25, 0.3) is 0 Å². The molecule has 4 heteroatoms. The Kier molecular flexibility index (Phi) is 2.95. The second-order valence-corrected chi connectivity index (χ2v) is 4.34. The molecule has 18 heavy (non-hydrogen) atoms. The summed E-state index contributed by atoms with van der Waals surface area (Å²) in [5.74, 6) is -0.357. The van der Waals surface area contributed by atoms with Crippen molar-refractivity contribution in [1.29, 1.82) is 0 Å². The molecule has 0 saturated carbocycles. The first-order valence-corrected chi connectivity index (χ1v) is 5.65. The van der Waals surface area contributed by atoms with Crippen molar-refractivity contribution in [3.05, 3.63) is 41.3 Å². The van der Waals surface area contributed by atoms with Gasteiger partial charge in [0.2, 0.25) is 0 Å². The molecule has 94 valence electrons. The van der Waals surface area contributed by atoms with E-state index in [1.807, 2.05) is 18.5 Å². The third kappa shape index (κ3) is 1.79. The predicted octanol–water partition coefficient (Wildman–Crippen LogP) is 2.92. The minimum atomic E-state index is -0.296. The van der Waals surface area contributed by atoms with E-state index in [-0.39, 0.29) is 11.6 Å². The summed E-state index contributed by atoms with van der Waals surface area (Å²) in [5, 5.41) is 0. The van der Waals surface area contributed by atoms with E-state index in [2.05, 4.69) is 0 Å². The number of nitrogens with two attached hydrogens (primary N) is 1. The summed E-state index contributed by atoms with van der Waals surface area (Å²) in [5.41, 5.74) is 9.40. The maximum Gasteiger partial charge on any atom is 0.163 e. The van der Waals surface area contributed by atoms with Crippen LogP contribution in [-0.2, 0) is 7.05 Å². The van der Waals surface area contributed by atoms with Crippen LogP contribution >= 0.6 is 0 Å². The van der Waals surface area contributed by atoms with Crippen LogP contribution in [0.1, 0.15) is 23.0 Å². The summed E-state index contributed by atoms with van der Waals surface area (Å²) >= 11 is 0. The lowest BCUT2D eigenvalue weighted by Gasteiger charge is -2.06. The molecule has 2 rings (SSSR count). The zero-order valence-electron chi connectivity index (χ0n) is 10.6. The van der Waals surface area contributed by atoms with Crippen LogP contribution in [-0.4, -0.2) is 10.4 Å². The summed E-state index contributed by atoms with van der Waals surface area (Å²) in [4.78, 5) is 11.6. The van der Waals surface area contributed by atoms with Gasteiger partial charge in [-0.25, -0.2) is 4.39 Å². The van der Waals surface area contributed by atoms with Gasteiger partial charge in [-0.3, -0.25) is 4.79 Å². The molecule has 0 aliphatic heterocycles. The summed E-state index contributed by atoms with van der Waals surface area (Å²) in [6.45, 7) is 3.34. The van der Waals surface area contributed by atoms with Gasteiger partial charge in [-0.15, -0.1) is 0 Å². The van der Waals surface area contributed by atoms with E-state index in [4.69, 9.17) is 5.73 Å². The minimum absolute atomic E-state index is 0.0611. The molecule has 0 radical (unpaired) electrons. The number of hydrogen-bond acceptors (Lipinski definition) is 2. The molecule has 0 fully saturated rings. The van der Waals surface area contributed by atoms with Crippen LogP contribution in [0.2, 0.25) is 0 Å². The van der Waals surface area contributed by atoms with Gasteiger partial charge in [-0.1, -0.05) is 0 Å². The van der Waals surface area contributed by atoms with Crippen LogP contribution in [0.25, 0.3) is 11.3 Å². The van der Waals surface area contributed by atoms with E-state index in [0.29, 0.717) is 11.3 Å². The molecule has 0 saturated heterocycles. The fraction of sp³-hybridized carbons (Fsp3) is 0.214. The zero-order chi connectivity index (χ0) is 13.4. The molecule has 1 aromatic heterocycles. The van der Waals surface area contributed by atoms with Gasteiger partial charge in [-0.2, -0.15) is 0 Å². The van der Waals surface area contributed by atoms with Gasteiger partial charge >= 0.3 is 0 Å². The lowest BCUT2D eigenvalue weighted by Crippen LogP contribution is -1.98. The molecule has 0 bridgehead atoms. The number of rotatable bonds is 2. The number of halogens is 1. The molecule has 0 aliphatic rings. The Balaban J connectivity index is 2.69. The number of nitrogens with zero attached hydrogens (tertiary/aromatic N) is 1. The van der Waals surface area contributed by atoms with Gasteiger partial charge in [0.15, 0.2) is 5.78 Å². The van der Waals surface area contributed by atoms with Crippen LogP contribution in [0, 0.1) is 12.7 Å². The average Bonchev–Trinajstić information content (AvgIpc) is 2.52. The zero-order valence-corrected chi connectivity index (χ0v) is 10.6. The van der Waals surface area contributed by atoms with Gasteiger partial charge in [0, 0.05) is 18.3 Å². The van der Waals surface area contributed by atoms with Gasteiger partial charge in [0.1, 0.15) is 5.82 Å². The average molecular weight is 246 g/mol. The van der Waals surface area contributed by atoms with Crippen molar-refractivity contribution in [2.24, 2.45) is 7.05 Å². The molecule has 2 aromatic rings. The number of benzene rings is 1. The van der Waals surface area contributed by atoms with E-state index in [0.717, 1.165) is 17.0 Å². The highest BCUT2D eigenvalue weighted by Gasteiger charge is 2.20. The molecule has 3 nitrogen and oxygen atoms in total. The number of anilines is 1. The van der Waals surface area contributed by atoms with Crippen molar-refractivity contribution < 1.29 is 9.18 Å². The number of carbonyl (C=O) groups is 1. The second-order valence-electron chi connectivity index (χ2n) is 4.34. The number of ketones is 1. The molecule has 0 aliphatic carbocycles. The molecule has 0 unspecified atom stereocenters. The third-order valence-electron chi connectivity index (χ3n) is 3.19. The van der Waals surface area contributed by atoms with Crippen molar-refractivity contribution >= 4 is 11.5 Å². The van der Waals surface area contributed by atoms with Crippen LogP contribution in [0.4, 0.5) is 10.1 Å². The quantitative estimate of drug-likeness (QED) is 0.828. The summed E-state index contributed by atoms with van der Waals surface area (Å²) in [7, 11) is 1.84. The second kappa shape index (κ2) is 4.29. The Morgan fingerprint density at radius 1 is 1.28 bits per heavy atom. The van der Waals surface area contributed by atoms with Crippen LogP contribution < -0.4 is 5.73 Å². The monoisotopic (exact) mass is 246 g/mol. The standard InChI is InChI=1S/C14H15FN2O/c1-8-12(9(2)18)13(16)14(17(8)3)10-4-6-11(15)7-5-10/h4-7H,16H2,1-3H3. The predicted molar refractivity (Wildman–Crippen MR) is 70.0 cm³/mol. The van der Waals surface area contributed by atoms with Crippen molar-refractivity contribution in [1.82, 2.24) is 4.57 Å². The van der Waals surface area contributed by atoms with E-state index >= 15 is 0 Å². The molecular formula is C14H15FN2O. The Labute approximate surface area is 105 Å². The van der Waals surface area contributed by atoms with Crippen molar-refractivity contribution in [3.63, 3.8) is 0 Å². The van der Waals surface area contributed by atoms with Gasteiger partial charge < -0.3 is 10.3 Å².